The van der Waals surface area contributed by atoms with Crippen molar-refractivity contribution in [3.8, 4) is 0 Å². The molecule has 0 aromatic rings. The first-order chi connectivity index (χ1) is 23.3. The van der Waals surface area contributed by atoms with Gasteiger partial charge < -0.3 is 40.3 Å². The highest BCUT2D eigenvalue weighted by Crippen LogP contribution is 2.22. The molecule has 1 heterocycles. The van der Waals surface area contributed by atoms with Crippen LogP contribution in [0.1, 0.15) is 149 Å². The number of allylic oxidation sites excluding steroid dienone is 5. The molecule has 1 aliphatic rings. The number of ether oxygens (including phenoxy) is 2. The van der Waals surface area contributed by atoms with E-state index in [9.17, 15) is 30.3 Å². The number of nitrogens with one attached hydrogen (secondary N) is 1. The third-order valence-electron chi connectivity index (χ3n) is 8.94. The Balaban J connectivity index is 2.44. The Morgan fingerprint density at radius 3 is 1.79 bits per heavy atom. The van der Waals surface area contributed by atoms with Crippen LogP contribution in [-0.2, 0) is 14.3 Å². The van der Waals surface area contributed by atoms with Crippen LogP contribution < -0.4 is 5.32 Å². The summed E-state index contributed by atoms with van der Waals surface area (Å²) >= 11 is 0. The summed E-state index contributed by atoms with van der Waals surface area (Å²) in [6, 6.07) is -0.821. The Morgan fingerprint density at radius 2 is 1.19 bits per heavy atom. The van der Waals surface area contributed by atoms with Crippen LogP contribution in [0.4, 0.5) is 0 Å². The Labute approximate surface area is 291 Å². The van der Waals surface area contributed by atoms with Gasteiger partial charge in [-0.3, -0.25) is 4.79 Å². The summed E-state index contributed by atoms with van der Waals surface area (Å²) in [6.45, 7) is 3.66. The zero-order valence-corrected chi connectivity index (χ0v) is 30.2. The molecule has 1 saturated heterocycles. The maximum Gasteiger partial charge on any atom is 0.220 e. The van der Waals surface area contributed by atoms with Gasteiger partial charge >= 0.3 is 0 Å². The van der Waals surface area contributed by atoms with E-state index in [2.05, 4.69) is 43.5 Å². The fraction of sp³-hybridized carbons (Fsp3) is 0.821. The number of hydrogen-bond donors (Lipinski definition) is 6. The van der Waals surface area contributed by atoms with Crippen LogP contribution in [0.5, 0.6) is 0 Å². The lowest BCUT2D eigenvalue weighted by Crippen LogP contribution is -2.60. The van der Waals surface area contributed by atoms with Gasteiger partial charge in [-0.15, -0.1) is 0 Å². The molecular weight excluding hydrogens is 610 g/mol. The van der Waals surface area contributed by atoms with Crippen molar-refractivity contribution >= 4 is 5.91 Å². The van der Waals surface area contributed by atoms with Gasteiger partial charge in [-0.2, -0.15) is 0 Å². The molecule has 0 saturated carbocycles. The van der Waals surface area contributed by atoms with Gasteiger partial charge in [0.2, 0.25) is 5.91 Å². The second kappa shape index (κ2) is 30.3. The van der Waals surface area contributed by atoms with E-state index >= 15 is 0 Å². The lowest BCUT2D eigenvalue weighted by Gasteiger charge is -2.40. The minimum absolute atomic E-state index is 0.201. The summed E-state index contributed by atoms with van der Waals surface area (Å²) in [6.07, 6.45) is 27.7. The molecule has 1 fully saturated rings. The lowest BCUT2D eigenvalue weighted by molar-refractivity contribution is -0.302. The van der Waals surface area contributed by atoms with E-state index in [0.29, 0.717) is 6.42 Å². The van der Waals surface area contributed by atoms with Gasteiger partial charge in [0.05, 0.1) is 25.4 Å². The van der Waals surface area contributed by atoms with Crippen molar-refractivity contribution < 1.29 is 39.8 Å². The molecule has 0 bridgehead atoms. The van der Waals surface area contributed by atoms with E-state index in [-0.39, 0.29) is 12.5 Å². The topological polar surface area (TPSA) is 149 Å². The van der Waals surface area contributed by atoms with Gasteiger partial charge in [-0.05, 0) is 57.8 Å². The first-order valence-corrected chi connectivity index (χ1v) is 19.2. The van der Waals surface area contributed by atoms with Crippen LogP contribution in [0.25, 0.3) is 0 Å². The van der Waals surface area contributed by atoms with Crippen LogP contribution in [0, 0.1) is 0 Å². The number of aliphatic hydroxyl groups excluding tert-OH is 5. The molecule has 0 aliphatic carbocycles. The van der Waals surface area contributed by atoms with Crippen molar-refractivity contribution in [2.24, 2.45) is 0 Å². The largest absolute Gasteiger partial charge is 0.394 e. The smallest absolute Gasteiger partial charge is 0.220 e. The molecule has 0 aromatic heterocycles. The highest BCUT2D eigenvalue weighted by Gasteiger charge is 2.44. The Morgan fingerprint density at radius 1 is 0.688 bits per heavy atom. The number of hydrogen-bond acceptors (Lipinski definition) is 8. The number of carbonyl (C=O) groups is 1. The van der Waals surface area contributed by atoms with Crippen LogP contribution in [0.15, 0.2) is 36.5 Å². The molecule has 48 heavy (non-hydrogen) atoms. The van der Waals surface area contributed by atoms with Gasteiger partial charge in [-0.25, -0.2) is 0 Å². The van der Waals surface area contributed by atoms with Gasteiger partial charge in [-0.1, -0.05) is 121 Å². The predicted octanol–water partition coefficient (Wildman–Crippen LogP) is 6.55. The Bertz CT molecular complexity index is 848. The van der Waals surface area contributed by atoms with E-state index in [1.807, 2.05) is 6.08 Å². The van der Waals surface area contributed by atoms with Crippen molar-refractivity contribution in [3.63, 3.8) is 0 Å². The monoisotopic (exact) mass is 682 g/mol. The van der Waals surface area contributed by atoms with Crippen molar-refractivity contribution in [3.05, 3.63) is 36.5 Å². The number of rotatable bonds is 30. The highest BCUT2D eigenvalue weighted by molar-refractivity contribution is 5.76. The van der Waals surface area contributed by atoms with Crippen molar-refractivity contribution in [2.45, 2.75) is 192 Å². The molecule has 280 valence electrons. The standard InChI is InChI=1S/C39H71NO8/c1-3-5-7-9-11-13-14-15-16-17-18-19-21-23-25-27-29-35(43)40-32(33(42)28-26-24-22-20-12-10-8-6-4-2)31-47-39-38(46)37(45)36(44)34(30-41)48-39/h12,16-17,20,26,28,32-34,36-39,41-42,44-46H,3-11,13-15,18-19,21-25,27,29-31H2,1-2H3,(H,40,43)/b17-16-,20-12+,28-26+. The van der Waals surface area contributed by atoms with Crippen molar-refractivity contribution in [1.29, 1.82) is 0 Å². The first kappa shape index (κ1) is 44.4. The minimum Gasteiger partial charge on any atom is -0.394 e. The molecule has 0 radical (unpaired) electrons. The molecule has 0 spiro atoms. The summed E-state index contributed by atoms with van der Waals surface area (Å²) in [7, 11) is 0. The molecule has 0 aromatic carbocycles. The maximum atomic E-state index is 12.8. The van der Waals surface area contributed by atoms with E-state index in [4.69, 9.17) is 9.47 Å². The maximum absolute atomic E-state index is 12.8. The Hall–Kier alpha value is -1.59. The number of unbranched alkanes of at least 4 members (excludes halogenated alkanes) is 16. The van der Waals surface area contributed by atoms with Crippen LogP contribution in [-0.4, -0.2) is 87.5 Å². The van der Waals surface area contributed by atoms with E-state index in [1.54, 1.807) is 6.08 Å². The fourth-order valence-electron chi connectivity index (χ4n) is 5.75. The van der Waals surface area contributed by atoms with Gasteiger partial charge in [0.25, 0.3) is 0 Å². The SMILES string of the molecule is CCCCC/C=C/CC/C=C/C(O)C(COC1OC(CO)C(O)C(O)C1O)NC(=O)CCCCCCC/C=C\CCCCCCCCC. The predicted molar refractivity (Wildman–Crippen MR) is 193 cm³/mol. The minimum atomic E-state index is -1.57. The number of carbonyl (C=O) groups excluding carboxylic acids is 1. The molecule has 9 nitrogen and oxygen atoms in total. The third-order valence-corrected chi connectivity index (χ3v) is 8.94. The second-order valence-corrected chi connectivity index (χ2v) is 13.4. The summed E-state index contributed by atoms with van der Waals surface area (Å²) < 4.78 is 11.1. The first-order valence-electron chi connectivity index (χ1n) is 19.2. The molecule has 6 N–H and O–H groups in total. The van der Waals surface area contributed by atoms with E-state index < -0.39 is 49.5 Å². The second-order valence-electron chi connectivity index (χ2n) is 13.4. The number of amides is 1. The van der Waals surface area contributed by atoms with Gasteiger partial charge in [0, 0.05) is 6.42 Å². The molecule has 9 heteroatoms. The molecule has 1 rings (SSSR count). The van der Waals surface area contributed by atoms with Crippen LogP contribution >= 0.6 is 0 Å². The number of aliphatic hydroxyl groups is 5. The molecule has 7 unspecified atom stereocenters. The normalized spacial score (nSPS) is 23.0. The van der Waals surface area contributed by atoms with Crippen molar-refractivity contribution in [2.75, 3.05) is 13.2 Å². The highest BCUT2D eigenvalue weighted by atomic mass is 16.7. The van der Waals surface area contributed by atoms with Gasteiger partial charge in [0.15, 0.2) is 6.29 Å². The summed E-state index contributed by atoms with van der Waals surface area (Å²) in [5, 5.41) is 53.7. The lowest BCUT2D eigenvalue weighted by atomic mass is 9.99. The fourth-order valence-corrected chi connectivity index (χ4v) is 5.75. The zero-order valence-electron chi connectivity index (χ0n) is 30.2. The summed E-state index contributed by atoms with van der Waals surface area (Å²) in [5.74, 6) is -0.201. The summed E-state index contributed by atoms with van der Waals surface area (Å²) in [5.41, 5.74) is 0. The quantitative estimate of drug-likeness (QED) is 0.0370. The van der Waals surface area contributed by atoms with Gasteiger partial charge in [0.1, 0.15) is 24.4 Å². The molecule has 1 aliphatic heterocycles. The molecule has 1 amide bonds. The van der Waals surface area contributed by atoms with Crippen LogP contribution in [0.3, 0.4) is 0 Å². The van der Waals surface area contributed by atoms with Crippen LogP contribution in [0.2, 0.25) is 0 Å². The Kier molecular flexibility index (Phi) is 28.0. The van der Waals surface area contributed by atoms with Crippen molar-refractivity contribution in [1.82, 2.24) is 5.32 Å². The summed E-state index contributed by atoms with van der Waals surface area (Å²) in [4.78, 5) is 12.8. The van der Waals surface area contributed by atoms with E-state index in [1.165, 1.54) is 70.6 Å². The average Bonchev–Trinajstić information content (AvgIpc) is 3.08. The molecular formula is C39H71NO8. The molecule has 7 atom stereocenters. The average molecular weight is 682 g/mol. The third kappa shape index (κ3) is 21.5. The zero-order chi connectivity index (χ0) is 35.2. The van der Waals surface area contributed by atoms with E-state index in [0.717, 1.165) is 57.8 Å².